The highest BCUT2D eigenvalue weighted by molar-refractivity contribution is 5.89. The molecule has 0 aliphatic heterocycles. The second-order valence-electron chi connectivity index (χ2n) is 4.52. The quantitative estimate of drug-likeness (QED) is 0.341. The second-order valence-corrected chi connectivity index (χ2v) is 4.52. The van der Waals surface area contributed by atoms with Gasteiger partial charge in [-0.05, 0) is 18.1 Å². The molecule has 0 saturated heterocycles. The number of carbonyl (C=O) groups excluding carboxylic acids is 1. The van der Waals surface area contributed by atoms with Crippen LogP contribution >= 0.6 is 0 Å². The van der Waals surface area contributed by atoms with Crippen molar-refractivity contribution in [1.82, 2.24) is 0 Å². The van der Waals surface area contributed by atoms with Crippen LogP contribution in [-0.4, -0.2) is 17.0 Å². The molecule has 0 aliphatic carbocycles. The summed E-state index contributed by atoms with van der Waals surface area (Å²) in [6, 6.07) is 5.36. The van der Waals surface area contributed by atoms with Gasteiger partial charge in [-0.15, -0.1) is 6.58 Å². The van der Waals surface area contributed by atoms with Crippen LogP contribution in [0, 0.1) is 16.0 Å². The van der Waals surface area contributed by atoms with Crippen LogP contribution < -0.4 is 0 Å². The summed E-state index contributed by atoms with van der Waals surface area (Å²) in [5, 5.41) is 10.5. The normalized spacial score (nSPS) is 11.9. The fourth-order valence-electron chi connectivity index (χ4n) is 1.55. The van der Waals surface area contributed by atoms with E-state index in [-0.39, 0.29) is 17.7 Å². The van der Waals surface area contributed by atoms with Gasteiger partial charge in [0.25, 0.3) is 5.69 Å². The number of nitrogens with zero attached hydrogens (tertiary/aromatic N) is 1. The highest BCUT2D eigenvalue weighted by Gasteiger charge is 2.18. The molecule has 19 heavy (non-hydrogen) atoms. The molecule has 0 saturated carbocycles. The Kier molecular flexibility index (Phi) is 5.23. The first-order valence-corrected chi connectivity index (χ1v) is 6.02. The molecular weight excluding hydrogens is 246 g/mol. The number of ether oxygens (including phenoxy) is 1. The van der Waals surface area contributed by atoms with Gasteiger partial charge in [0.2, 0.25) is 0 Å². The van der Waals surface area contributed by atoms with Gasteiger partial charge in [-0.25, -0.2) is 4.79 Å². The number of esters is 1. The van der Waals surface area contributed by atoms with Gasteiger partial charge in [0.05, 0.1) is 10.5 Å². The lowest BCUT2D eigenvalue weighted by Crippen LogP contribution is -2.23. The molecule has 0 N–H and O–H groups in total. The summed E-state index contributed by atoms with van der Waals surface area (Å²) in [6.07, 6.45) is 2.05. The van der Waals surface area contributed by atoms with Gasteiger partial charge in [0, 0.05) is 18.6 Å². The van der Waals surface area contributed by atoms with E-state index in [1.807, 2.05) is 13.8 Å². The van der Waals surface area contributed by atoms with Crippen molar-refractivity contribution >= 4 is 11.7 Å². The van der Waals surface area contributed by atoms with Gasteiger partial charge < -0.3 is 4.74 Å². The molecule has 0 bridgehead atoms. The van der Waals surface area contributed by atoms with Crippen molar-refractivity contribution in [1.29, 1.82) is 0 Å². The average molecular weight is 263 g/mol. The largest absolute Gasteiger partial charge is 0.458 e. The van der Waals surface area contributed by atoms with Crippen molar-refractivity contribution in [3.63, 3.8) is 0 Å². The maximum absolute atomic E-state index is 11.9. The molecule has 1 aromatic carbocycles. The minimum absolute atomic E-state index is 0.0527. The van der Waals surface area contributed by atoms with Crippen molar-refractivity contribution in [2.75, 3.05) is 0 Å². The van der Waals surface area contributed by atoms with Gasteiger partial charge in [-0.1, -0.05) is 19.9 Å². The van der Waals surface area contributed by atoms with E-state index >= 15 is 0 Å². The lowest BCUT2D eigenvalue weighted by atomic mass is 10.0. The first kappa shape index (κ1) is 14.9. The summed E-state index contributed by atoms with van der Waals surface area (Å²) in [7, 11) is 0. The molecule has 0 aliphatic rings. The molecule has 1 rings (SSSR count). The summed E-state index contributed by atoms with van der Waals surface area (Å²) < 4.78 is 5.36. The minimum Gasteiger partial charge on any atom is -0.458 e. The van der Waals surface area contributed by atoms with Crippen molar-refractivity contribution in [3.05, 3.63) is 52.6 Å². The Hall–Kier alpha value is -2.17. The smallest absolute Gasteiger partial charge is 0.338 e. The van der Waals surface area contributed by atoms with Crippen LogP contribution in [0.1, 0.15) is 30.6 Å². The Morgan fingerprint density at radius 2 is 2.00 bits per heavy atom. The van der Waals surface area contributed by atoms with E-state index in [1.54, 1.807) is 6.08 Å². The zero-order valence-corrected chi connectivity index (χ0v) is 11.0. The topological polar surface area (TPSA) is 69.4 Å². The summed E-state index contributed by atoms with van der Waals surface area (Å²) >= 11 is 0. The van der Waals surface area contributed by atoms with Gasteiger partial charge >= 0.3 is 5.97 Å². The summed E-state index contributed by atoms with van der Waals surface area (Å²) in [4.78, 5) is 21.9. The van der Waals surface area contributed by atoms with Crippen LogP contribution in [0.25, 0.3) is 0 Å². The van der Waals surface area contributed by atoms with Crippen molar-refractivity contribution in [2.24, 2.45) is 5.92 Å². The van der Waals surface area contributed by atoms with E-state index in [9.17, 15) is 14.9 Å². The predicted molar refractivity (Wildman–Crippen MR) is 72.0 cm³/mol. The Labute approximate surface area is 112 Å². The van der Waals surface area contributed by atoms with Crippen LogP contribution in [0.3, 0.4) is 0 Å². The third-order valence-corrected chi connectivity index (χ3v) is 2.71. The molecule has 1 atom stereocenters. The van der Waals surface area contributed by atoms with Crippen molar-refractivity contribution in [3.8, 4) is 0 Å². The molecule has 0 unspecified atom stereocenters. The number of nitro groups is 1. The van der Waals surface area contributed by atoms with Crippen LogP contribution in [0.4, 0.5) is 5.69 Å². The molecule has 0 radical (unpaired) electrons. The van der Waals surface area contributed by atoms with Crippen LogP contribution in [0.2, 0.25) is 0 Å². The Morgan fingerprint density at radius 3 is 2.42 bits per heavy atom. The molecule has 0 spiro atoms. The second kappa shape index (κ2) is 6.68. The molecule has 5 nitrogen and oxygen atoms in total. The van der Waals surface area contributed by atoms with Crippen molar-refractivity contribution in [2.45, 2.75) is 26.4 Å². The number of non-ortho nitro benzene ring substituents is 1. The summed E-state index contributed by atoms with van der Waals surface area (Å²) in [6.45, 7) is 7.54. The third kappa shape index (κ3) is 4.21. The molecule has 0 aromatic heterocycles. The summed E-state index contributed by atoms with van der Waals surface area (Å²) in [5.74, 6) is -0.296. The van der Waals surface area contributed by atoms with Gasteiger partial charge in [0.15, 0.2) is 0 Å². The van der Waals surface area contributed by atoms with Gasteiger partial charge in [-0.3, -0.25) is 10.1 Å². The van der Waals surface area contributed by atoms with E-state index in [2.05, 4.69) is 6.58 Å². The van der Waals surface area contributed by atoms with E-state index < -0.39 is 10.9 Å². The first-order valence-electron chi connectivity index (χ1n) is 6.02. The van der Waals surface area contributed by atoms with E-state index in [1.165, 1.54) is 24.3 Å². The Bertz CT molecular complexity index is 465. The average Bonchev–Trinajstić information content (AvgIpc) is 2.38. The van der Waals surface area contributed by atoms with Crippen LogP contribution in [0.5, 0.6) is 0 Å². The highest BCUT2D eigenvalue weighted by atomic mass is 16.6. The fourth-order valence-corrected chi connectivity index (χ4v) is 1.55. The fraction of sp³-hybridized carbons (Fsp3) is 0.357. The first-order chi connectivity index (χ1) is 8.95. The number of carbonyl (C=O) groups is 1. The maximum Gasteiger partial charge on any atom is 0.338 e. The number of nitro benzene ring substituents is 1. The number of benzene rings is 1. The third-order valence-electron chi connectivity index (χ3n) is 2.71. The monoisotopic (exact) mass is 263 g/mol. The lowest BCUT2D eigenvalue weighted by Gasteiger charge is -2.19. The maximum atomic E-state index is 11.9. The van der Waals surface area contributed by atoms with Crippen molar-refractivity contribution < 1.29 is 14.5 Å². The van der Waals surface area contributed by atoms with E-state index in [4.69, 9.17) is 4.74 Å². The minimum atomic E-state index is -0.510. The van der Waals surface area contributed by atoms with E-state index in [0.29, 0.717) is 12.0 Å². The standard InChI is InChI=1S/C14H17NO4/c1-4-5-13(10(2)3)19-14(16)11-6-8-12(9-7-11)15(17)18/h4,6-10,13H,1,5H2,2-3H3/t13-/m0/s1. The highest BCUT2D eigenvalue weighted by Crippen LogP contribution is 2.16. The molecular formula is C14H17NO4. The Balaban J connectivity index is 2.76. The molecule has 5 heteroatoms. The molecule has 0 amide bonds. The molecule has 0 fully saturated rings. The van der Waals surface area contributed by atoms with Crippen LogP contribution in [0.15, 0.2) is 36.9 Å². The number of hydrogen-bond acceptors (Lipinski definition) is 4. The molecule has 1 aromatic rings. The SMILES string of the molecule is C=CC[C@H](OC(=O)c1ccc([N+](=O)[O-])cc1)C(C)C. The zero-order valence-electron chi connectivity index (χ0n) is 11.0. The van der Waals surface area contributed by atoms with E-state index in [0.717, 1.165) is 0 Å². The predicted octanol–water partition coefficient (Wildman–Crippen LogP) is 3.35. The molecule has 0 heterocycles. The number of hydrogen-bond donors (Lipinski definition) is 0. The number of rotatable bonds is 6. The zero-order chi connectivity index (χ0) is 14.4. The van der Waals surface area contributed by atoms with Crippen LogP contribution in [-0.2, 0) is 4.74 Å². The van der Waals surface area contributed by atoms with Gasteiger partial charge in [-0.2, -0.15) is 0 Å². The lowest BCUT2D eigenvalue weighted by molar-refractivity contribution is -0.384. The van der Waals surface area contributed by atoms with Gasteiger partial charge in [0.1, 0.15) is 6.10 Å². The Morgan fingerprint density at radius 1 is 1.42 bits per heavy atom. The molecule has 102 valence electrons. The summed E-state index contributed by atoms with van der Waals surface area (Å²) in [5.41, 5.74) is 0.253.